The number of fused-ring (bicyclic) bond motifs is 1. The maximum Gasteiger partial charge on any atom is 0.278 e. The van der Waals surface area contributed by atoms with Gasteiger partial charge >= 0.3 is 0 Å². The Morgan fingerprint density at radius 1 is 0.870 bits per heavy atom. The smallest absolute Gasteiger partial charge is 0.278 e. The summed E-state index contributed by atoms with van der Waals surface area (Å²) in [5, 5.41) is 33.1. The number of ketones is 1. The van der Waals surface area contributed by atoms with Crippen LogP contribution in [0.3, 0.4) is 0 Å². The van der Waals surface area contributed by atoms with Gasteiger partial charge in [-0.3, -0.25) is 19.2 Å². The number of nitriles is 1. The van der Waals surface area contributed by atoms with Crippen LogP contribution in [0.1, 0.15) is 64.8 Å². The number of aliphatic hydroxyl groups is 1. The molecule has 0 aliphatic carbocycles. The third-order valence-electron chi connectivity index (χ3n) is 7.13. The van der Waals surface area contributed by atoms with Crippen molar-refractivity contribution >= 4 is 51.5 Å². The maximum atomic E-state index is 13.6. The molecule has 0 bridgehead atoms. The van der Waals surface area contributed by atoms with E-state index in [0.717, 1.165) is 0 Å². The van der Waals surface area contributed by atoms with Gasteiger partial charge in [0.1, 0.15) is 6.10 Å². The number of hydrogen-bond acceptors (Lipinski definition) is 8. The van der Waals surface area contributed by atoms with Gasteiger partial charge < -0.3 is 25.6 Å². The van der Waals surface area contributed by atoms with Crippen molar-refractivity contribution in [3.8, 4) is 17.2 Å². The molecule has 0 aliphatic heterocycles. The van der Waals surface area contributed by atoms with E-state index >= 15 is 0 Å². The fourth-order valence-electron chi connectivity index (χ4n) is 4.99. The summed E-state index contributed by atoms with van der Waals surface area (Å²) in [4.78, 5) is 51.3. The number of amides is 3. The van der Waals surface area contributed by atoms with Gasteiger partial charge in [0.05, 0.1) is 17.0 Å². The zero-order chi connectivity index (χ0) is 32.8. The summed E-state index contributed by atoms with van der Waals surface area (Å²) < 4.78 is 5.55. The van der Waals surface area contributed by atoms with Crippen LogP contribution in [-0.4, -0.2) is 33.8 Å². The highest BCUT2D eigenvalue weighted by atomic mass is 16.5. The van der Waals surface area contributed by atoms with Crippen LogP contribution in [-0.2, 0) is 9.59 Å². The van der Waals surface area contributed by atoms with Crippen LogP contribution < -0.4 is 16.0 Å². The first-order valence-corrected chi connectivity index (χ1v) is 14.4. The lowest BCUT2D eigenvalue weighted by Crippen LogP contribution is -2.18. The fourth-order valence-corrected chi connectivity index (χ4v) is 4.99. The summed E-state index contributed by atoms with van der Waals surface area (Å²) in [7, 11) is 0. The molecule has 1 unspecified atom stereocenters. The number of carbonyl (C=O) groups excluding carboxylic acids is 4. The van der Waals surface area contributed by atoms with Gasteiger partial charge in [-0.1, -0.05) is 60.6 Å². The average molecular weight is 616 g/mol. The van der Waals surface area contributed by atoms with Crippen molar-refractivity contribution in [1.29, 1.82) is 5.26 Å². The molecule has 0 spiro atoms. The van der Waals surface area contributed by atoms with Crippen LogP contribution in [0.15, 0.2) is 89.5 Å². The Bertz CT molecular complexity index is 2010. The second-order valence-electron chi connectivity index (χ2n) is 10.5. The van der Waals surface area contributed by atoms with Crippen molar-refractivity contribution in [3.05, 3.63) is 107 Å². The Kier molecular flexibility index (Phi) is 9.31. The van der Waals surface area contributed by atoms with E-state index in [1.807, 2.05) is 13.0 Å². The molecule has 1 heterocycles. The third-order valence-corrected chi connectivity index (χ3v) is 7.13. The first-order valence-electron chi connectivity index (χ1n) is 14.4. The van der Waals surface area contributed by atoms with Gasteiger partial charge in [-0.25, -0.2) is 0 Å². The molecule has 5 rings (SSSR count). The van der Waals surface area contributed by atoms with E-state index in [1.165, 1.54) is 25.1 Å². The number of para-hydroxylation sites is 1. The average Bonchev–Trinajstić information content (AvgIpc) is 3.47. The van der Waals surface area contributed by atoms with E-state index in [4.69, 9.17) is 4.52 Å². The van der Waals surface area contributed by atoms with E-state index in [-0.39, 0.29) is 57.3 Å². The lowest BCUT2D eigenvalue weighted by atomic mass is 9.96. The van der Waals surface area contributed by atoms with E-state index in [1.54, 1.807) is 66.7 Å². The molecule has 11 heteroatoms. The Labute approximate surface area is 263 Å². The molecule has 0 fully saturated rings. The summed E-state index contributed by atoms with van der Waals surface area (Å²) in [5.41, 5.74) is 2.67. The van der Waals surface area contributed by atoms with Crippen molar-refractivity contribution in [2.75, 3.05) is 16.0 Å². The normalized spacial score (nSPS) is 11.3. The molecule has 11 nitrogen and oxygen atoms in total. The minimum Gasteiger partial charge on any atom is -0.380 e. The first kappa shape index (κ1) is 31.3. The summed E-state index contributed by atoms with van der Waals surface area (Å²) in [5.74, 6) is -1.86. The van der Waals surface area contributed by atoms with Crippen molar-refractivity contribution in [3.63, 3.8) is 0 Å². The van der Waals surface area contributed by atoms with E-state index < -0.39 is 17.8 Å². The molecule has 0 saturated heterocycles. The first-order chi connectivity index (χ1) is 22.2. The van der Waals surface area contributed by atoms with Crippen molar-refractivity contribution < 1.29 is 28.8 Å². The van der Waals surface area contributed by atoms with Crippen LogP contribution in [0.2, 0.25) is 0 Å². The molecule has 0 aliphatic rings. The molecule has 1 atom stereocenters. The number of hydrogen-bond donors (Lipinski definition) is 4. The Morgan fingerprint density at radius 3 is 2.33 bits per heavy atom. The van der Waals surface area contributed by atoms with Gasteiger partial charge in [-0.15, -0.1) is 0 Å². The van der Waals surface area contributed by atoms with Crippen LogP contribution in [0.5, 0.6) is 0 Å². The number of aliphatic hydroxyl groups excluding tert-OH is 1. The number of nitrogens with zero attached hydrogens (tertiary/aromatic N) is 2. The number of rotatable bonds is 10. The largest absolute Gasteiger partial charge is 0.380 e. The molecule has 3 amide bonds. The summed E-state index contributed by atoms with van der Waals surface area (Å²) in [6, 6.07) is 24.6. The van der Waals surface area contributed by atoms with Gasteiger partial charge in [0, 0.05) is 52.7 Å². The van der Waals surface area contributed by atoms with Gasteiger partial charge in [-0.05, 0) is 42.8 Å². The molecule has 1 aromatic heterocycles. The number of Topliss-reactive ketones (excluding diaryl/α,β-unsaturated/α-hetero) is 1. The molecule has 4 N–H and O–H groups in total. The minimum atomic E-state index is -1.67. The second-order valence-corrected chi connectivity index (χ2v) is 10.5. The number of benzene rings is 4. The molecule has 230 valence electrons. The SMILES string of the molecule is CCCC(=O)Nc1cc2c(C(=O)Nc3ccc(C#N)cc3C(O)C(=O)c3ccccc3)noc2cc1-c1ccccc1NC(C)=O. The Hall–Kier alpha value is -6.12. The standard InChI is InChI=1S/C35H29N5O6/c1-3-9-31(42)38-29-17-26-30(18-24(29)23-12-7-8-13-27(23)37-20(2)41)46-40-32(26)35(45)39-28-15-14-21(19-36)16-25(28)34(44)33(43)22-10-5-4-6-11-22/h4-8,10-18,34,44H,3,9H2,1-2H3,(H,37,41)(H,38,42)(H,39,45). The van der Waals surface area contributed by atoms with Crippen molar-refractivity contribution in [1.82, 2.24) is 5.16 Å². The molecule has 46 heavy (non-hydrogen) atoms. The van der Waals surface area contributed by atoms with Crippen LogP contribution in [0, 0.1) is 11.3 Å². The fraction of sp³-hybridized carbons (Fsp3) is 0.143. The molecular formula is C35H29N5O6. The second kappa shape index (κ2) is 13.7. The molecule has 4 aromatic carbocycles. The topological polar surface area (TPSA) is 174 Å². The van der Waals surface area contributed by atoms with Crippen LogP contribution in [0.25, 0.3) is 22.1 Å². The number of carbonyl (C=O) groups is 4. The van der Waals surface area contributed by atoms with E-state index in [9.17, 15) is 29.5 Å². The number of anilines is 3. The highest BCUT2D eigenvalue weighted by Crippen LogP contribution is 2.38. The zero-order valence-electron chi connectivity index (χ0n) is 25.0. The van der Waals surface area contributed by atoms with Crippen LogP contribution >= 0.6 is 0 Å². The summed E-state index contributed by atoms with van der Waals surface area (Å²) in [6.45, 7) is 3.26. The van der Waals surface area contributed by atoms with Gasteiger partial charge in [0.15, 0.2) is 17.1 Å². The predicted molar refractivity (Wildman–Crippen MR) is 172 cm³/mol. The van der Waals surface area contributed by atoms with E-state index in [2.05, 4.69) is 21.1 Å². The summed E-state index contributed by atoms with van der Waals surface area (Å²) in [6.07, 6.45) is -0.808. The quantitative estimate of drug-likeness (QED) is 0.134. The molecular weight excluding hydrogens is 586 g/mol. The Morgan fingerprint density at radius 2 is 1.61 bits per heavy atom. The number of aromatic nitrogens is 1. The number of nitrogens with one attached hydrogen (secondary N) is 3. The maximum absolute atomic E-state index is 13.6. The monoisotopic (exact) mass is 615 g/mol. The van der Waals surface area contributed by atoms with Crippen LogP contribution in [0.4, 0.5) is 17.1 Å². The van der Waals surface area contributed by atoms with Gasteiger partial charge in [-0.2, -0.15) is 5.26 Å². The Balaban J connectivity index is 1.55. The predicted octanol–water partition coefficient (Wildman–Crippen LogP) is 6.23. The third kappa shape index (κ3) is 6.67. The van der Waals surface area contributed by atoms with E-state index in [0.29, 0.717) is 28.9 Å². The molecule has 0 saturated carbocycles. The summed E-state index contributed by atoms with van der Waals surface area (Å²) >= 11 is 0. The highest BCUT2D eigenvalue weighted by molar-refractivity contribution is 6.13. The zero-order valence-corrected chi connectivity index (χ0v) is 25.0. The van der Waals surface area contributed by atoms with Crippen molar-refractivity contribution in [2.24, 2.45) is 0 Å². The van der Waals surface area contributed by atoms with Crippen molar-refractivity contribution in [2.45, 2.75) is 32.8 Å². The van der Waals surface area contributed by atoms with Gasteiger partial charge in [0.25, 0.3) is 5.91 Å². The molecule has 5 aromatic rings. The van der Waals surface area contributed by atoms with Gasteiger partial charge in [0.2, 0.25) is 11.8 Å². The molecule has 0 radical (unpaired) electrons. The minimum absolute atomic E-state index is 0.0263. The lowest BCUT2D eigenvalue weighted by Gasteiger charge is -2.16. The lowest BCUT2D eigenvalue weighted by molar-refractivity contribution is -0.116. The highest BCUT2D eigenvalue weighted by Gasteiger charge is 2.26.